The van der Waals surface area contributed by atoms with Crippen LogP contribution in [0.3, 0.4) is 0 Å². The summed E-state index contributed by atoms with van der Waals surface area (Å²) < 4.78 is 5.97. The molecule has 4 aromatic carbocycles. The molecule has 1 aromatic heterocycles. The van der Waals surface area contributed by atoms with Crippen molar-refractivity contribution in [3.05, 3.63) is 96.6 Å². The van der Waals surface area contributed by atoms with Crippen molar-refractivity contribution >= 4 is 33.3 Å². The summed E-state index contributed by atoms with van der Waals surface area (Å²) >= 11 is 0. The maximum Gasteiger partial charge on any atom is 0.135 e. The molecule has 0 radical (unpaired) electrons. The lowest BCUT2D eigenvalue weighted by Crippen LogP contribution is -2.08. The summed E-state index contributed by atoms with van der Waals surface area (Å²) in [6, 6.07) is 32.6. The highest BCUT2D eigenvalue weighted by Gasteiger charge is 2.39. The van der Waals surface area contributed by atoms with Crippen LogP contribution in [-0.4, -0.2) is 0 Å². The van der Waals surface area contributed by atoms with Crippen LogP contribution in [0.25, 0.3) is 33.1 Å². The number of furan rings is 1. The van der Waals surface area contributed by atoms with Crippen LogP contribution in [0.2, 0.25) is 0 Å². The minimum Gasteiger partial charge on any atom is -0.456 e. The predicted octanol–water partition coefficient (Wildman–Crippen LogP) is 8.90. The molecule has 7 rings (SSSR count). The van der Waals surface area contributed by atoms with Crippen LogP contribution in [0, 0.1) is 11.8 Å². The fourth-order valence-corrected chi connectivity index (χ4v) is 6.28. The number of anilines is 2. The largest absolute Gasteiger partial charge is 0.456 e. The minimum atomic E-state index is 0.793. The van der Waals surface area contributed by atoms with Gasteiger partial charge in [-0.15, -0.1) is 0 Å². The fraction of sp³-hybridized carbons (Fsp3) is 0.226. The Morgan fingerprint density at radius 2 is 1.36 bits per heavy atom. The van der Waals surface area contributed by atoms with Crippen molar-refractivity contribution < 1.29 is 4.42 Å². The molecule has 0 spiro atoms. The summed E-state index contributed by atoms with van der Waals surface area (Å²) in [6.07, 6.45) is 5.76. The second-order valence-electron chi connectivity index (χ2n) is 9.91. The maximum absolute atomic E-state index is 5.97. The van der Waals surface area contributed by atoms with Crippen LogP contribution in [0.5, 0.6) is 0 Å². The lowest BCUT2D eigenvalue weighted by molar-refractivity contribution is 0.420. The Morgan fingerprint density at radius 1 is 0.636 bits per heavy atom. The monoisotopic (exact) mass is 429 g/mol. The van der Waals surface area contributed by atoms with Gasteiger partial charge in [0.2, 0.25) is 0 Å². The van der Waals surface area contributed by atoms with Gasteiger partial charge in [0.05, 0.1) is 0 Å². The zero-order chi connectivity index (χ0) is 21.8. The van der Waals surface area contributed by atoms with E-state index >= 15 is 0 Å². The lowest BCUT2D eigenvalue weighted by Gasteiger charge is -2.22. The third kappa shape index (κ3) is 3.33. The van der Waals surface area contributed by atoms with Crippen LogP contribution in [0.1, 0.15) is 37.2 Å². The van der Waals surface area contributed by atoms with E-state index in [1.165, 1.54) is 53.1 Å². The highest BCUT2D eigenvalue weighted by molar-refractivity contribution is 6.06. The van der Waals surface area contributed by atoms with Gasteiger partial charge in [-0.2, -0.15) is 0 Å². The molecule has 2 heteroatoms. The Hall–Kier alpha value is -3.52. The Morgan fingerprint density at radius 3 is 2.12 bits per heavy atom. The molecule has 2 bridgehead atoms. The van der Waals surface area contributed by atoms with Crippen LogP contribution < -0.4 is 5.32 Å². The molecule has 0 aliphatic heterocycles. The molecule has 2 aliphatic rings. The third-order valence-electron chi connectivity index (χ3n) is 7.96. The molecule has 1 heterocycles. The van der Waals surface area contributed by atoms with Crippen molar-refractivity contribution in [1.82, 2.24) is 0 Å². The van der Waals surface area contributed by atoms with Crippen LogP contribution in [0.15, 0.2) is 95.4 Å². The summed E-state index contributed by atoms with van der Waals surface area (Å²) in [5, 5.41) is 5.90. The van der Waals surface area contributed by atoms with Gasteiger partial charge in [0.1, 0.15) is 11.2 Å². The summed E-state index contributed by atoms with van der Waals surface area (Å²) in [5.74, 6) is 2.71. The first kappa shape index (κ1) is 19.0. The van der Waals surface area contributed by atoms with Gasteiger partial charge in [-0.3, -0.25) is 0 Å². The Kier molecular flexibility index (Phi) is 4.33. The highest BCUT2D eigenvalue weighted by Crippen LogP contribution is 2.52. The first-order valence-corrected chi connectivity index (χ1v) is 12.2. The average Bonchev–Trinajstić information content (AvgIpc) is 3.59. The van der Waals surface area contributed by atoms with Gasteiger partial charge >= 0.3 is 0 Å². The Labute approximate surface area is 194 Å². The van der Waals surface area contributed by atoms with Crippen LogP contribution >= 0.6 is 0 Å². The zero-order valence-corrected chi connectivity index (χ0v) is 18.6. The molecule has 1 N–H and O–H groups in total. The van der Waals surface area contributed by atoms with E-state index in [1.807, 2.05) is 12.1 Å². The molecular weight excluding hydrogens is 402 g/mol. The number of para-hydroxylation sites is 1. The van der Waals surface area contributed by atoms with Crippen molar-refractivity contribution in [2.75, 3.05) is 5.32 Å². The predicted molar refractivity (Wildman–Crippen MR) is 137 cm³/mol. The molecule has 2 aliphatic carbocycles. The molecule has 5 aromatic rings. The average molecular weight is 430 g/mol. The van der Waals surface area contributed by atoms with E-state index < -0.39 is 0 Å². The maximum atomic E-state index is 5.97. The molecule has 2 saturated carbocycles. The standard InChI is InChI=1S/C31H27NO/c1-2-4-30-27(3-1)29-19-23(11-16-31(29)33-30)21-7-12-25(13-8-21)32-26-14-9-22(10-15-26)28-18-20-5-6-24(28)17-20/h1-4,7-16,19-20,24,28,32H,5-6,17-18H2. The molecular formula is C31H27NO. The Bertz CT molecular complexity index is 1440. The SMILES string of the molecule is c1ccc2c(c1)oc1ccc(-c3ccc(Nc4ccc(C5CC6CCC5C6)cc4)cc3)cc12. The zero-order valence-electron chi connectivity index (χ0n) is 18.6. The third-order valence-corrected chi connectivity index (χ3v) is 7.96. The van der Waals surface area contributed by atoms with E-state index in [2.05, 4.69) is 84.2 Å². The van der Waals surface area contributed by atoms with E-state index in [-0.39, 0.29) is 0 Å². The number of hydrogen-bond acceptors (Lipinski definition) is 2. The number of nitrogens with one attached hydrogen (secondary N) is 1. The van der Waals surface area contributed by atoms with Crippen molar-refractivity contribution in [2.24, 2.45) is 11.8 Å². The smallest absolute Gasteiger partial charge is 0.135 e. The lowest BCUT2D eigenvalue weighted by atomic mass is 9.83. The van der Waals surface area contributed by atoms with E-state index in [4.69, 9.17) is 4.42 Å². The van der Waals surface area contributed by atoms with Gasteiger partial charge in [0.25, 0.3) is 0 Å². The van der Waals surface area contributed by atoms with Crippen LogP contribution in [-0.2, 0) is 0 Å². The van der Waals surface area contributed by atoms with E-state index in [0.29, 0.717) is 0 Å². The number of fused-ring (bicyclic) bond motifs is 5. The quantitative estimate of drug-likeness (QED) is 0.308. The molecule has 0 saturated heterocycles. The molecule has 2 fully saturated rings. The van der Waals surface area contributed by atoms with Gasteiger partial charge in [-0.05, 0) is 96.2 Å². The number of rotatable bonds is 4. The second-order valence-corrected chi connectivity index (χ2v) is 9.91. The van der Waals surface area contributed by atoms with E-state index in [1.54, 1.807) is 0 Å². The van der Waals surface area contributed by atoms with E-state index in [9.17, 15) is 0 Å². The summed E-state index contributed by atoms with van der Waals surface area (Å²) in [4.78, 5) is 0. The molecule has 0 amide bonds. The second kappa shape index (κ2) is 7.52. The first-order valence-electron chi connectivity index (χ1n) is 12.2. The summed E-state index contributed by atoms with van der Waals surface area (Å²) in [5.41, 5.74) is 8.09. The summed E-state index contributed by atoms with van der Waals surface area (Å²) in [6.45, 7) is 0. The fourth-order valence-electron chi connectivity index (χ4n) is 6.28. The molecule has 2 nitrogen and oxygen atoms in total. The van der Waals surface area contributed by atoms with Gasteiger partial charge in [-0.25, -0.2) is 0 Å². The molecule has 33 heavy (non-hydrogen) atoms. The topological polar surface area (TPSA) is 25.2 Å². The van der Waals surface area contributed by atoms with Gasteiger partial charge in [0.15, 0.2) is 0 Å². The minimum absolute atomic E-state index is 0.793. The normalized spacial score (nSPS) is 21.8. The molecule has 162 valence electrons. The number of hydrogen-bond donors (Lipinski definition) is 1. The van der Waals surface area contributed by atoms with E-state index in [0.717, 1.165) is 40.3 Å². The highest BCUT2D eigenvalue weighted by atomic mass is 16.3. The van der Waals surface area contributed by atoms with Crippen molar-refractivity contribution in [3.8, 4) is 11.1 Å². The van der Waals surface area contributed by atoms with Gasteiger partial charge in [0, 0.05) is 22.1 Å². The van der Waals surface area contributed by atoms with Gasteiger partial charge in [-0.1, -0.05) is 55.0 Å². The van der Waals surface area contributed by atoms with Crippen molar-refractivity contribution in [1.29, 1.82) is 0 Å². The summed E-state index contributed by atoms with van der Waals surface area (Å²) in [7, 11) is 0. The number of benzene rings is 4. The van der Waals surface area contributed by atoms with Gasteiger partial charge < -0.3 is 9.73 Å². The molecule has 3 atom stereocenters. The molecule has 3 unspecified atom stereocenters. The van der Waals surface area contributed by atoms with Crippen molar-refractivity contribution in [2.45, 2.75) is 31.6 Å². The first-order chi connectivity index (χ1) is 16.3. The Balaban J connectivity index is 1.10. The van der Waals surface area contributed by atoms with Crippen molar-refractivity contribution in [3.63, 3.8) is 0 Å². The van der Waals surface area contributed by atoms with Crippen LogP contribution in [0.4, 0.5) is 11.4 Å².